The second kappa shape index (κ2) is 6.05. The number of nitrogens with two attached hydrogens (primary N) is 1. The predicted molar refractivity (Wildman–Crippen MR) is 94.4 cm³/mol. The fourth-order valence-electron chi connectivity index (χ4n) is 2.77. The summed E-state index contributed by atoms with van der Waals surface area (Å²) >= 11 is 0. The van der Waals surface area contributed by atoms with Gasteiger partial charge < -0.3 is 5.73 Å². The molecule has 0 unspecified atom stereocenters. The monoisotopic (exact) mass is 302 g/mol. The first-order chi connectivity index (χ1) is 11.1. The first-order valence-corrected chi connectivity index (χ1v) is 7.48. The van der Waals surface area contributed by atoms with Crippen LogP contribution < -0.4 is 5.73 Å². The lowest BCUT2D eigenvalue weighted by atomic mass is 9.93. The summed E-state index contributed by atoms with van der Waals surface area (Å²) in [6, 6.07) is 15.6. The van der Waals surface area contributed by atoms with Gasteiger partial charge in [-0.05, 0) is 42.2 Å². The molecule has 2 aromatic carbocycles. The molecule has 3 rings (SSSR count). The maximum Gasteiger partial charge on any atom is 0.150 e. The van der Waals surface area contributed by atoms with Crippen LogP contribution in [-0.4, -0.2) is 11.3 Å². The highest BCUT2D eigenvalue weighted by atomic mass is 16.1. The molecule has 1 heterocycles. The Hall–Kier alpha value is -2.94. The number of hydrogen-bond donors (Lipinski definition) is 1. The van der Waals surface area contributed by atoms with Crippen LogP contribution in [0.5, 0.6) is 0 Å². The molecule has 3 heteroatoms. The normalized spacial score (nSPS) is 10.5. The van der Waals surface area contributed by atoms with E-state index in [1.165, 1.54) is 0 Å². The smallest absolute Gasteiger partial charge is 0.150 e. The highest BCUT2D eigenvalue weighted by Crippen LogP contribution is 2.33. The van der Waals surface area contributed by atoms with E-state index in [9.17, 15) is 4.79 Å². The Bertz CT molecular complexity index is 867. The molecule has 0 spiro atoms. The largest absolute Gasteiger partial charge is 0.398 e. The molecule has 0 aliphatic heterocycles. The molecule has 23 heavy (non-hydrogen) atoms. The van der Waals surface area contributed by atoms with Crippen molar-refractivity contribution < 1.29 is 4.79 Å². The van der Waals surface area contributed by atoms with Crippen molar-refractivity contribution in [2.24, 2.45) is 0 Å². The van der Waals surface area contributed by atoms with Crippen LogP contribution in [0.4, 0.5) is 5.69 Å². The van der Waals surface area contributed by atoms with Gasteiger partial charge in [0.25, 0.3) is 0 Å². The van der Waals surface area contributed by atoms with Crippen molar-refractivity contribution >= 4 is 12.0 Å². The van der Waals surface area contributed by atoms with Gasteiger partial charge in [0, 0.05) is 23.0 Å². The Balaban J connectivity index is 2.14. The van der Waals surface area contributed by atoms with Crippen molar-refractivity contribution in [3.8, 4) is 22.4 Å². The Morgan fingerprint density at radius 2 is 1.61 bits per heavy atom. The lowest BCUT2D eigenvalue weighted by Gasteiger charge is -2.14. The second-order valence-electron chi connectivity index (χ2n) is 5.59. The number of nitrogen functional groups attached to an aromatic ring is 1. The quantitative estimate of drug-likeness (QED) is 0.728. The maximum absolute atomic E-state index is 10.8. The Labute approximate surface area is 135 Å². The minimum Gasteiger partial charge on any atom is -0.398 e. The van der Waals surface area contributed by atoms with E-state index in [2.05, 4.69) is 24.0 Å². The molecular formula is C20H18N2O. The number of aromatic nitrogens is 1. The zero-order chi connectivity index (χ0) is 16.4. The minimum absolute atomic E-state index is 0.677. The molecule has 0 amide bonds. The molecule has 0 bridgehead atoms. The molecule has 114 valence electrons. The summed E-state index contributed by atoms with van der Waals surface area (Å²) in [7, 11) is 0. The predicted octanol–water partition coefficient (Wildman–Crippen LogP) is 4.43. The molecule has 3 nitrogen and oxygen atoms in total. The van der Waals surface area contributed by atoms with E-state index < -0.39 is 0 Å². The van der Waals surface area contributed by atoms with Crippen LogP contribution in [0.15, 0.2) is 54.7 Å². The van der Waals surface area contributed by atoms with Crippen LogP contribution in [0.25, 0.3) is 22.4 Å². The third-order valence-electron chi connectivity index (χ3n) is 4.19. The highest BCUT2D eigenvalue weighted by Gasteiger charge is 2.12. The molecule has 1 aromatic heterocycles. The van der Waals surface area contributed by atoms with Gasteiger partial charge in [0.05, 0.1) is 5.69 Å². The number of rotatable bonds is 3. The second-order valence-corrected chi connectivity index (χ2v) is 5.59. The lowest BCUT2D eigenvalue weighted by Crippen LogP contribution is -1.97. The van der Waals surface area contributed by atoms with Crippen LogP contribution in [0, 0.1) is 13.8 Å². The fraction of sp³-hybridized carbons (Fsp3) is 0.100. The summed E-state index contributed by atoms with van der Waals surface area (Å²) < 4.78 is 0. The van der Waals surface area contributed by atoms with E-state index in [0.717, 1.165) is 45.5 Å². The number of pyridine rings is 1. The van der Waals surface area contributed by atoms with Gasteiger partial charge in [0.1, 0.15) is 6.29 Å². The van der Waals surface area contributed by atoms with Crippen molar-refractivity contribution in [2.75, 3.05) is 5.73 Å². The topological polar surface area (TPSA) is 56.0 Å². The third-order valence-corrected chi connectivity index (χ3v) is 4.19. The molecule has 0 aliphatic carbocycles. The first-order valence-electron chi connectivity index (χ1n) is 7.48. The van der Waals surface area contributed by atoms with Crippen LogP contribution in [0.2, 0.25) is 0 Å². The van der Waals surface area contributed by atoms with E-state index in [4.69, 9.17) is 5.73 Å². The minimum atomic E-state index is 0.677. The summed E-state index contributed by atoms with van der Waals surface area (Å²) in [4.78, 5) is 15.3. The number of anilines is 1. The van der Waals surface area contributed by atoms with E-state index in [1.54, 1.807) is 6.20 Å². The number of benzene rings is 2. The highest BCUT2D eigenvalue weighted by molar-refractivity contribution is 5.81. The van der Waals surface area contributed by atoms with Crippen molar-refractivity contribution in [3.05, 3.63) is 71.4 Å². The molecule has 3 aromatic rings. The molecule has 0 radical (unpaired) electrons. The van der Waals surface area contributed by atoms with E-state index >= 15 is 0 Å². The van der Waals surface area contributed by atoms with Crippen LogP contribution in [0.3, 0.4) is 0 Å². The van der Waals surface area contributed by atoms with Crippen LogP contribution >= 0.6 is 0 Å². The third kappa shape index (κ3) is 2.73. The SMILES string of the molecule is Cc1c(-c2ccc(C=O)cc2)cccc1-c1nccc(N)c1C. The van der Waals surface area contributed by atoms with Crippen molar-refractivity contribution in [1.82, 2.24) is 4.98 Å². The van der Waals surface area contributed by atoms with E-state index in [1.807, 2.05) is 43.3 Å². The van der Waals surface area contributed by atoms with Crippen molar-refractivity contribution in [3.63, 3.8) is 0 Å². The average Bonchev–Trinajstić information content (AvgIpc) is 2.58. The molecule has 0 saturated heterocycles. The van der Waals surface area contributed by atoms with E-state index in [-0.39, 0.29) is 0 Å². The maximum atomic E-state index is 10.8. The van der Waals surface area contributed by atoms with E-state index in [0.29, 0.717) is 5.56 Å². The molecule has 0 fully saturated rings. The van der Waals surface area contributed by atoms with Crippen LogP contribution in [0.1, 0.15) is 21.5 Å². The van der Waals surface area contributed by atoms with Gasteiger partial charge in [-0.1, -0.05) is 42.5 Å². The zero-order valence-corrected chi connectivity index (χ0v) is 13.2. The summed E-state index contributed by atoms with van der Waals surface area (Å²) in [5.41, 5.74) is 13.8. The van der Waals surface area contributed by atoms with Crippen LogP contribution in [-0.2, 0) is 0 Å². The lowest BCUT2D eigenvalue weighted by molar-refractivity contribution is 0.112. The molecule has 0 aliphatic rings. The average molecular weight is 302 g/mol. The number of carbonyl (C=O) groups excluding carboxylic acids is 1. The Kier molecular flexibility index (Phi) is 3.94. The summed E-state index contributed by atoms with van der Waals surface area (Å²) in [5, 5.41) is 0. The number of carbonyl (C=O) groups is 1. The molecular weight excluding hydrogens is 284 g/mol. The summed E-state index contributed by atoms with van der Waals surface area (Å²) in [6.07, 6.45) is 2.59. The van der Waals surface area contributed by atoms with Gasteiger partial charge in [-0.2, -0.15) is 0 Å². The van der Waals surface area contributed by atoms with Gasteiger partial charge in [-0.3, -0.25) is 9.78 Å². The Morgan fingerprint density at radius 3 is 2.30 bits per heavy atom. The van der Waals surface area contributed by atoms with Gasteiger partial charge >= 0.3 is 0 Å². The Morgan fingerprint density at radius 1 is 0.913 bits per heavy atom. The number of aldehydes is 1. The van der Waals surface area contributed by atoms with Crippen molar-refractivity contribution in [2.45, 2.75) is 13.8 Å². The zero-order valence-electron chi connectivity index (χ0n) is 13.2. The molecule has 0 atom stereocenters. The van der Waals surface area contributed by atoms with Gasteiger partial charge in [-0.15, -0.1) is 0 Å². The fourth-order valence-corrected chi connectivity index (χ4v) is 2.77. The number of nitrogens with zero attached hydrogens (tertiary/aromatic N) is 1. The summed E-state index contributed by atoms with van der Waals surface area (Å²) in [6.45, 7) is 4.07. The number of hydrogen-bond acceptors (Lipinski definition) is 3. The summed E-state index contributed by atoms with van der Waals surface area (Å²) in [5.74, 6) is 0. The van der Waals surface area contributed by atoms with Crippen molar-refractivity contribution in [1.29, 1.82) is 0 Å². The van der Waals surface area contributed by atoms with Gasteiger partial charge in [0.2, 0.25) is 0 Å². The van der Waals surface area contributed by atoms with Gasteiger partial charge in [0.15, 0.2) is 0 Å². The molecule has 0 saturated carbocycles. The first kappa shape index (κ1) is 15.0. The molecule has 2 N–H and O–H groups in total. The standard InChI is InChI=1S/C20H18N2O/c1-13-17(16-8-6-15(12-23)7-9-16)4-3-5-18(13)20-14(2)19(21)10-11-22-20/h3-12H,1-2H3,(H2,21,22). The van der Waals surface area contributed by atoms with Gasteiger partial charge in [-0.25, -0.2) is 0 Å².